The fourth-order valence-corrected chi connectivity index (χ4v) is 2.78. The minimum atomic E-state index is -0.549. The molecule has 0 aromatic carbocycles. The molecule has 0 fully saturated rings. The van der Waals surface area contributed by atoms with E-state index in [2.05, 4.69) is 26.0 Å². The molecule has 0 saturated carbocycles. The van der Waals surface area contributed by atoms with Crippen molar-refractivity contribution in [3.63, 3.8) is 0 Å². The molecule has 0 rings (SSSR count). The lowest BCUT2D eigenvalue weighted by Gasteiger charge is -2.24. The van der Waals surface area contributed by atoms with Crippen LogP contribution in [-0.2, 0) is 33.2 Å². The van der Waals surface area contributed by atoms with Gasteiger partial charge in [-0.1, -0.05) is 19.0 Å². The number of azide groups is 1. The van der Waals surface area contributed by atoms with Crippen LogP contribution in [0.4, 0.5) is 9.59 Å². The maximum Gasteiger partial charge on any atom is 0.407 e. The van der Waals surface area contributed by atoms with Gasteiger partial charge in [-0.05, 0) is 38.1 Å². The Morgan fingerprint density at radius 3 is 1.88 bits per heavy atom. The summed E-state index contributed by atoms with van der Waals surface area (Å²) in [4.78, 5) is 38.1. The van der Waals surface area contributed by atoms with Gasteiger partial charge in [-0.3, -0.25) is 4.79 Å². The Bertz CT molecular complexity index is 756. The van der Waals surface area contributed by atoms with Crippen LogP contribution in [0, 0.1) is 5.41 Å². The van der Waals surface area contributed by atoms with Crippen molar-refractivity contribution >= 4 is 18.1 Å². The van der Waals surface area contributed by atoms with Crippen LogP contribution in [0.5, 0.6) is 0 Å². The molecule has 0 aromatic heterocycles. The first-order valence-electron chi connectivity index (χ1n) is 13.4. The van der Waals surface area contributed by atoms with Gasteiger partial charge in [0.05, 0.1) is 52.9 Å². The number of hydrogen-bond acceptors (Lipinski definition) is 10. The zero-order valence-electron chi connectivity index (χ0n) is 24.6. The van der Waals surface area contributed by atoms with Crippen LogP contribution in [0.15, 0.2) is 5.11 Å². The molecule has 0 saturated heterocycles. The first-order chi connectivity index (χ1) is 18.9. The van der Waals surface area contributed by atoms with Crippen LogP contribution < -0.4 is 16.0 Å². The summed E-state index contributed by atoms with van der Waals surface area (Å²) >= 11 is 0. The molecule has 0 radical (unpaired) electrons. The van der Waals surface area contributed by atoms with Crippen LogP contribution in [0.1, 0.15) is 47.5 Å². The molecular formula is C25H48N6O9. The average molecular weight is 577 g/mol. The molecule has 3 amide bonds. The Morgan fingerprint density at radius 2 is 1.27 bits per heavy atom. The minimum absolute atomic E-state index is 0.0948. The van der Waals surface area contributed by atoms with Crippen molar-refractivity contribution in [3.8, 4) is 0 Å². The maximum absolute atomic E-state index is 12.1. The third-order valence-corrected chi connectivity index (χ3v) is 4.83. The molecule has 40 heavy (non-hydrogen) atoms. The van der Waals surface area contributed by atoms with Crippen molar-refractivity contribution in [2.75, 3.05) is 85.6 Å². The largest absolute Gasteiger partial charge is 0.447 e. The Kier molecular flexibility index (Phi) is 21.3. The Morgan fingerprint density at radius 1 is 0.725 bits per heavy atom. The third-order valence-electron chi connectivity index (χ3n) is 4.83. The number of alkyl carbamates (subject to hydrolysis) is 2. The number of amides is 3. The average Bonchev–Trinajstić information content (AvgIpc) is 2.87. The van der Waals surface area contributed by atoms with Gasteiger partial charge in [0.25, 0.3) is 0 Å². The number of carbonyl (C=O) groups is 3. The third kappa shape index (κ3) is 26.8. The highest BCUT2D eigenvalue weighted by molar-refractivity contribution is 5.75. The lowest BCUT2D eigenvalue weighted by molar-refractivity contribution is -0.121. The topological polar surface area (TPSA) is 191 Å². The number of nitrogens with zero attached hydrogens (tertiary/aromatic N) is 3. The fourth-order valence-electron chi connectivity index (χ4n) is 2.78. The quantitative estimate of drug-likeness (QED) is 0.0709. The Hall–Kier alpha value is -2.84. The molecule has 0 aliphatic rings. The number of hydrogen-bond donors (Lipinski definition) is 3. The van der Waals surface area contributed by atoms with Crippen LogP contribution in [-0.4, -0.2) is 109 Å². The lowest BCUT2D eigenvalue weighted by Crippen LogP contribution is -2.36. The molecule has 15 heteroatoms. The monoisotopic (exact) mass is 576 g/mol. The minimum Gasteiger partial charge on any atom is -0.447 e. The van der Waals surface area contributed by atoms with Gasteiger partial charge in [-0.2, -0.15) is 0 Å². The van der Waals surface area contributed by atoms with Crippen LogP contribution in [0.25, 0.3) is 10.4 Å². The zero-order chi connectivity index (χ0) is 30.1. The van der Waals surface area contributed by atoms with Crippen LogP contribution in [0.2, 0.25) is 0 Å². The van der Waals surface area contributed by atoms with E-state index in [0.29, 0.717) is 78.7 Å². The summed E-state index contributed by atoms with van der Waals surface area (Å²) in [6.07, 6.45) is -0.139. The van der Waals surface area contributed by atoms with Crippen molar-refractivity contribution in [1.29, 1.82) is 0 Å². The predicted molar refractivity (Wildman–Crippen MR) is 147 cm³/mol. The molecule has 0 bridgehead atoms. The van der Waals surface area contributed by atoms with Crippen molar-refractivity contribution in [1.82, 2.24) is 16.0 Å². The molecule has 0 heterocycles. The fraction of sp³-hybridized carbons (Fsp3) is 0.880. The molecule has 0 aliphatic heterocycles. The molecule has 3 N–H and O–H groups in total. The summed E-state index contributed by atoms with van der Waals surface area (Å²) in [7, 11) is 0. The molecule has 0 aliphatic carbocycles. The Labute approximate surface area is 236 Å². The van der Waals surface area contributed by atoms with Crippen molar-refractivity contribution in [2.45, 2.75) is 53.1 Å². The maximum atomic E-state index is 12.1. The predicted octanol–water partition coefficient (Wildman–Crippen LogP) is 2.54. The number of rotatable bonds is 23. The summed E-state index contributed by atoms with van der Waals surface area (Å²) in [6.45, 7) is 13.5. The Balaban J connectivity index is 3.64. The molecule has 0 unspecified atom stereocenters. The van der Waals surface area contributed by atoms with Crippen molar-refractivity contribution in [2.24, 2.45) is 10.5 Å². The summed E-state index contributed by atoms with van der Waals surface area (Å²) in [5.41, 5.74) is 7.30. The highest BCUT2D eigenvalue weighted by atomic mass is 16.6. The number of carbonyl (C=O) groups excluding carboxylic acids is 3. The van der Waals surface area contributed by atoms with Gasteiger partial charge < -0.3 is 44.4 Å². The van der Waals surface area contributed by atoms with E-state index in [9.17, 15) is 14.4 Å². The standard InChI is InChI=1S/C25H48N6O9/c1-24(2,3)40-23(34)28-9-12-36-15-14-35-11-8-27-21(32)6-7-25(4,5)20-29-22(33)39-19-18-38-17-16-37-13-10-30-31-26/h6-20H2,1-5H3,(H,27,32)(H,28,34)(H,29,33). The van der Waals surface area contributed by atoms with E-state index in [4.69, 9.17) is 34.0 Å². The zero-order valence-corrected chi connectivity index (χ0v) is 24.6. The van der Waals surface area contributed by atoms with Crippen molar-refractivity contribution < 1.29 is 42.8 Å². The lowest BCUT2D eigenvalue weighted by atomic mass is 9.87. The molecule has 232 valence electrons. The number of ether oxygens (including phenoxy) is 6. The van der Waals surface area contributed by atoms with E-state index in [1.54, 1.807) is 20.8 Å². The molecule has 0 aromatic rings. The van der Waals surface area contributed by atoms with E-state index < -0.39 is 17.8 Å². The molecule has 15 nitrogen and oxygen atoms in total. The van der Waals surface area contributed by atoms with Crippen molar-refractivity contribution in [3.05, 3.63) is 10.4 Å². The second kappa shape index (κ2) is 22.9. The summed E-state index contributed by atoms with van der Waals surface area (Å²) < 4.78 is 31.4. The van der Waals surface area contributed by atoms with Crippen LogP contribution >= 0.6 is 0 Å². The van der Waals surface area contributed by atoms with Gasteiger partial charge in [0, 0.05) is 37.5 Å². The summed E-state index contributed by atoms with van der Waals surface area (Å²) in [5.74, 6) is -0.0948. The van der Waals surface area contributed by atoms with E-state index >= 15 is 0 Å². The molecule has 0 atom stereocenters. The van der Waals surface area contributed by atoms with Gasteiger partial charge in [0.2, 0.25) is 5.91 Å². The second-order valence-corrected chi connectivity index (χ2v) is 10.3. The van der Waals surface area contributed by atoms with E-state index in [-0.39, 0.29) is 31.1 Å². The highest BCUT2D eigenvalue weighted by Crippen LogP contribution is 2.21. The van der Waals surface area contributed by atoms with Gasteiger partial charge >= 0.3 is 12.2 Å². The second-order valence-electron chi connectivity index (χ2n) is 10.3. The van der Waals surface area contributed by atoms with E-state index in [1.807, 2.05) is 13.8 Å². The highest BCUT2D eigenvalue weighted by Gasteiger charge is 2.20. The van der Waals surface area contributed by atoms with Crippen LogP contribution in [0.3, 0.4) is 0 Å². The SMILES string of the molecule is CC(C)(CCC(=O)NCCOCCOCCNC(=O)OC(C)(C)C)CNC(=O)OCCOCCOCCN=[N+]=[N-]. The van der Waals surface area contributed by atoms with Gasteiger partial charge in [0.15, 0.2) is 0 Å². The van der Waals surface area contributed by atoms with E-state index in [1.165, 1.54) is 0 Å². The van der Waals surface area contributed by atoms with Gasteiger partial charge in [-0.25, -0.2) is 9.59 Å². The molecule has 0 spiro atoms. The number of nitrogens with one attached hydrogen (secondary N) is 3. The summed E-state index contributed by atoms with van der Waals surface area (Å²) in [5, 5.41) is 11.5. The first kappa shape index (κ1) is 37.2. The first-order valence-corrected chi connectivity index (χ1v) is 13.4. The van der Waals surface area contributed by atoms with E-state index in [0.717, 1.165) is 0 Å². The smallest absolute Gasteiger partial charge is 0.407 e. The summed E-state index contributed by atoms with van der Waals surface area (Å²) in [6, 6.07) is 0. The van der Waals surface area contributed by atoms with Gasteiger partial charge in [0.1, 0.15) is 12.2 Å². The van der Waals surface area contributed by atoms with Gasteiger partial charge in [-0.15, -0.1) is 0 Å². The molecular weight excluding hydrogens is 528 g/mol. The normalized spacial score (nSPS) is 11.3.